The number of anilines is 1. The molecule has 1 aliphatic rings. The van der Waals surface area contributed by atoms with Crippen LogP contribution in [0.15, 0.2) is 12.3 Å². The van der Waals surface area contributed by atoms with Gasteiger partial charge in [0.2, 0.25) is 0 Å². The molecule has 0 atom stereocenters. The standard InChI is InChI=1S/C10H14N4S/c11-9(15)8-4-6-13-14-10(8)12-5-3-7-1-2-7/h4,6-7H,1-3,5H2,(H2,11,15)(H,12,14). The number of thiocarbonyl (C=S) groups is 1. The van der Waals surface area contributed by atoms with Gasteiger partial charge in [-0.1, -0.05) is 25.1 Å². The fraction of sp³-hybridized carbons (Fsp3) is 0.500. The second kappa shape index (κ2) is 4.53. The molecule has 1 heterocycles. The monoisotopic (exact) mass is 222 g/mol. The Hall–Kier alpha value is -1.23. The zero-order valence-electron chi connectivity index (χ0n) is 8.44. The van der Waals surface area contributed by atoms with Gasteiger partial charge in [0.05, 0.1) is 11.8 Å². The second-order valence-corrected chi connectivity index (χ2v) is 4.26. The fourth-order valence-corrected chi connectivity index (χ4v) is 1.63. The van der Waals surface area contributed by atoms with Crippen molar-refractivity contribution in [2.75, 3.05) is 11.9 Å². The molecule has 15 heavy (non-hydrogen) atoms. The molecule has 80 valence electrons. The van der Waals surface area contributed by atoms with E-state index < -0.39 is 0 Å². The molecule has 5 heteroatoms. The Labute approximate surface area is 94.3 Å². The van der Waals surface area contributed by atoms with Gasteiger partial charge in [-0.2, -0.15) is 5.10 Å². The first-order valence-electron chi connectivity index (χ1n) is 5.12. The largest absolute Gasteiger partial charge is 0.389 e. The van der Waals surface area contributed by atoms with Gasteiger partial charge < -0.3 is 11.1 Å². The topological polar surface area (TPSA) is 63.8 Å². The van der Waals surface area contributed by atoms with E-state index in [0.29, 0.717) is 10.8 Å². The van der Waals surface area contributed by atoms with Gasteiger partial charge in [0.25, 0.3) is 0 Å². The lowest BCUT2D eigenvalue weighted by Crippen LogP contribution is -2.15. The Balaban J connectivity index is 1.95. The molecule has 1 saturated carbocycles. The zero-order chi connectivity index (χ0) is 10.7. The van der Waals surface area contributed by atoms with E-state index in [1.54, 1.807) is 12.3 Å². The molecule has 0 aromatic carbocycles. The molecule has 1 fully saturated rings. The molecular weight excluding hydrogens is 208 g/mol. The predicted octanol–water partition coefficient (Wildman–Crippen LogP) is 1.32. The highest BCUT2D eigenvalue weighted by atomic mass is 32.1. The molecule has 0 aliphatic heterocycles. The van der Waals surface area contributed by atoms with Crippen LogP contribution in [0.2, 0.25) is 0 Å². The van der Waals surface area contributed by atoms with Gasteiger partial charge in [-0.15, -0.1) is 5.10 Å². The Morgan fingerprint density at radius 3 is 3.07 bits per heavy atom. The van der Waals surface area contributed by atoms with Crippen molar-refractivity contribution < 1.29 is 0 Å². The van der Waals surface area contributed by atoms with Crippen LogP contribution in [0.4, 0.5) is 5.82 Å². The van der Waals surface area contributed by atoms with Crippen molar-refractivity contribution >= 4 is 23.0 Å². The van der Waals surface area contributed by atoms with E-state index in [1.807, 2.05) is 0 Å². The molecule has 1 aromatic heterocycles. The second-order valence-electron chi connectivity index (χ2n) is 3.82. The summed E-state index contributed by atoms with van der Waals surface area (Å²) in [6, 6.07) is 1.79. The number of hydrogen-bond donors (Lipinski definition) is 2. The van der Waals surface area contributed by atoms with E-state index in [4.69, 9.17) is 18.0 Å². The van der Waals surface area contributed by atoms with Crippen LogP contribution in [0.25, 0.3) is 0 Å². The Morgan fingerprint density at radius 2 is 2.40 bits per heavy atom. The lowest BCUT2D eigenvalue weighted by atomic mass is 10.2. The van der Waals surface area contributed by atoms with Gasteiger partial charge in [0, 0.05) is 6.54 Å². The van der Waals surface area contributed by atoms with Crippen molar-refractivity contribution in [1.29, 1.82) is 0 Å². The number of rotatable bonds is 5. The van der Waals surface area contributed by atoms with E-state index in [1.165, 1.54) is 19.3 Å². The number of nitrogens with zero attached hydrogens (tertiary/aromatic N) is 2. The number of hydrogen-bond acceptors (Lipinski definition) is 4. The molecule has 0 bridgehead atoms. The summed E-state index contributed by atoms with van der Waals surface area (Å²) in [4.78, 5) is 0.360. The molecule has 0 unspecified atom stereocenters. The average molecular weight is 222 g/mol. The maximum Gasteiger partial charge on any atom is 0.158 e. The van der Waals surface area contributed by atoms with Gasteiger partial charge in [-0.25, -0.2) is 0 Å². The molecule has 0 amide bonds. The minimum absolute atomic E-state index is 0.360. The number of nitrogens with two attached hydrogens (primary N) is 1. The predicted molar refractivity (Wildman–Crippen MR) is 63.8 cm³/mol. The third-order valence-electron chi connectivity index (χ3n) is 2.53. The van der Waals surface area contributed by atoms with Crippen LogP contribution >= 0.6 is 12.2 Å². The normalized spacial score (nSPS) is 14.9. The summed E-state index contributed by atoms with van der Waals surface area (Å²) >= 11 is 4.93. The quantitative estimate of drug-likeness (QED) is 0.736. The molecule has 4 nitrogen and oxygen atoms in total. The van der Waals surface area contributed by atoms with Crippen LogP contribution < -0.4 is 11.1 Å². The summed E-state index contributed by atoms with van der Waals surface area (Å²) in [5, 5.41) is 11.0. The SMILES string of the molecule is NC(=S)c1ccnnc1NCCC1CC1. The molecule has 0 radical (unpaired) electrons. The molecule has 0 spiro atoms. The molecule has 1 aromatic rings. The third kappa shape index (κ3) is 2.86. The van der Waals surface area contributed by atoms with Gasteiger partial charge in [0.1, 0.15) is 4.99 Å². The summed E-state index contributed by atoms with van der Waals surface area (Å²) in [7, 11) is 0. The van der Waals surface area contributed by atoms with E-state index in [9.17, 15) is 0 Å². The average Bonchev–Trinajstić information content (AvgIpc) is 3.02. The van der Waals surface area contributed by atoms with Gasteiger partial charge >= 0.3 is 0 Å². The first-order chi connectivity index (χ1) is 7.27. The highest BCUT2D eigenvalue weighted by Crippen LogP contribution is 2.32. The molecule has 2 rings (SSSR count). The van der Waals surface area contributed by atoms with Crippen LogP contribution in [0.3, 0.4) is 0 Å². The fourth-order valence-electron chi connectivity index (χ4n) is 1.46. The van der Waals surface area contributed by atoms with E-state index in [-0.39, 0.29) is 0 Å². The van der Waals surface area contributed by atoms with Crippen LogP contribution in [0, 0.1) is 5.92 Å². The first kappa shape index (κ1) is 10.3. The van der Waals surface area contributed by atoms with Crippen LogP contribution in [-0.2, 0) is 0 Å². The van der Waals surface area contributed by atoms with E-state index >= 15 is 0 Å². The van der Waals surface area contributed by atoms with Crippen LogP contribution in [-0.4, -0.2) is 21.7 Å². The Morgan fingerprint density at radius 1 is 1.60 bits per heavy atom. The third-order valence-corrected chi connectivity index (χ3v) is 2.75. The van der Waals surface area contributed by atoms with Crippen molar-refractivity contribution in [3.05, 3.63) is 17.8 Å². The smallest absolute Gasteiger partial charge is 0.158 e. The van der Waals surface area contributed by atoms with Crippen LogP contribution in [0.5, 0.6) is 0 Å². The molecule has 0 saturated heterocycles. The van der Waals surface area contributed by atoms with Crippen molar-refractivity contribution in [2.45, 2.75) is 19.3 Å². The summed E-state index contributed by atoms with van der Waals surface area (Å²) in [5.74, 6) is 1.60. The van der Waals surface area contributed by atoms with Crippen molar-refractivity contribution in [2.24, 2.45) is 11.7 Å². The minimum Gasteiger partial charge on any atom is -0.389 e. The van der Waals surface area contributed by atoms with Crippen molar-refractivity contribution in [3.63, 3.8) is 0 Å². The van der Waals surface area contributed by atoms with Crippen LogP contribution in [0.1, 0.15) is 24.8 Å². The summed E-state index contributed by atoms with van der Waals surface area (Å²) in [5.41, 5.74) is 6.36. The van der Waals surface area contributed by atoms with Crippen molar-refractivity contribution in [3.8, 4) is 0 Å². The lowest BCUT2D eigenvalue weighted by molar-refractivity contribution is 0.756. The van der Waals surface area contributed by atoms with E-state index in [0.717, 1.165) is 18.0 Å². The van der Waals surface area contributed by atoms with E-state index in [2.05, 4.69) is 15.5 Å². The van der Waals surface area contributed by atoms with Crippen molar-refractivity contribution in [1.82, 2.24) is 10.2 Å². The van der Waals surface area contributed by atoms with Gasteiger partial charge in [-0.05, 0) is 18.4 Å². The summed E-state index contributed by atoms with van der Waals surface area (Å²) in [6.45, 7) is 0.916. The Kier molecular flexibility index (Phi) is 3.11. The highest BCUT2D eigenvalue weighted by molar-refractivity contribution is 7.80. The zero-order valence-corrected chi connectivity index (χ0v) is 9.26. The summed E-state index contributed by atoms with van der Waals surface area (Å²) in [6.07, 6.45) is 5.52. The lowest BCUT2D eigenvalue weighted by Gasteiger charge is -2.07. The maximum atomic E-state index is 5.58. The molecular formula is C10H14N4S. The van der Waals surface area contributed by atoms with Gasteiger partial charge in [-0.3, -0.25) is 0 Å². The molecule has 1 aliphatic carbocycles. The molecule has 3 N–H and O–H groups in total. The maximum absolute atomic E-state index is 5.58. The summed E-state index contributed by atoms with van der Waals surface area (Å²) < 4.78 is 0. The Bertz CT molecular complexity index is 362. The highest BCUT2D eigenvalue weighted by Gasteiger charge is 2.20. The van der Waals surface area contributed by atoms with Gasteiger partial charge in [0.15, 0.2) is 5.82 Å². The minimum atomic E-state index is 0.360. The number of nitrogens with one attached hydrogen (secondary N) is 1. The first-order valence-corrected chi connectivity index (χ1v) is 5.53. The number of aromatic nitrogens is 2.